The number of hydrogen-bond donors (Lipinski definition) is 1. The molecule has 0 amide bonds. The Morgan fingerprint density at radius 1 is 1.25 bits per heavy atom. The summed E-state index contributed by atoms with van der Waals surface area (Å²) in [5, 5.41) is 0.620. The maximum absolute atomic E-state index is 6.04. The molecule has 0 saturated heterocycles. The molecule has 16 heavy (non-hydrogen) atoms. The van der Waals surface area contributed by atoms with Crippen LogP contribution in [0.1, 0.15) is 18.4 Å². The van der Waals surface area contributed by atoms with Crippen LogP contribution < -0.4 is 10.5 Å². The first-order chi connectivity index (χ1) is 7.79. The van der Waals surface area contributed by atoms with Gasteiger partial charge in [0.15, 0.2) is 0 Å². The second kappa shape index (κ2) is 7.49. The van der Waals surface area contributed by atoms with Crippen LogP contribution in [0.3, 0.4) is 0 Å². The van der Waals surface area contributed by atoms with Crippen LogP contribution in [0.4, 0.5) is 0 Å². The van der Waals surface area contributed by atoms with Gasteiger partial charge in [-0.25, -0.2) is 0 Å². The summed E-state index contributed by atoms with van der Waals surface area (Å²) in [4.78, 5) is 0. The molecule has 0 aromatic heterocycles. The Balaban J connectivity index is 2.46. The summed E-state index contributed by atoms with van der Waals surface area (Å²) >= 11 is 6.04. The topological polar surface area (TPSA) is 44.5 Å². The van der Waals surface area contributed by atoms with E-state index >= 15 is 0 Å². The van der Waals surface area contributed by atoms with E-state index in [1.165, 1.54) is 0 Å². The molecule has 0 aliphatic rings. The van der Waals surface area contributed by atoms with Gasteiger partial charge in [-0.05, 0) is 18.9 Å². The molecule has 1 aromatic carbocycles. The zero-order valence-electron chi connectivity index (χ0n) is 9.54. The van der Waals surface area contributed by atoms with Crippen LogP contribution >= 0.6 is 11.6 Å². The molecule has 0 bridgehead atoms. The van der Waals surface area contributed by atoms with Crippen LogP contribution in [0.25, 0.3) is 0 Å². The lowest BCUT2D eigenvalue weighted by Gasteiger charge is -2.11. The highest BCUT2D eigenvalue weighted by atomic mass is 35.5. The zero-order valence-corrected chi connectivity index (χ0v) is 10.3. The van der Waals surface area contributed by atoms with Crippen molar-refractivity contribution in [1.29, 1.82) is 0 Å². The summed E-state index contributed by atoms with van der Waals surface area (Å²) in [5.41, 5.74) is 6.56. The predicted octanol–water partition coefficient (Wildman–Crippen LogP) is 2.60. The normalized spacial score (nSPS) is 10.4. The highest BCUT2D eigenvalue weighted by Gasteiger charge is 2.06. The van der Waals surface area contributed by atoms with Gasteiger partial charge in [-0.15, -0.1) is 0 Å². The van der Waals surface area contributed by atoms with Crippen LogP contribution in [0.2, 0.25) is 5.02 Å². The van der Waals surface area contributed by atoms with E-state index < -0.39 is 0 Å². The zero-order chi connectivity index (χ0) is 11.8. The predicted molar refractivity (Wildman–Crippen MR) is 65.9 cm³/mol. The summed E-state index contributed by atoms with van der Waals surface area (Å²) < 4.78 is 10.6. The van der Waals surface area contributed by atoms with Gasteiger partial charge in [-0.2, -0.15) is 0 Å². The van der Waals surface area contributed by atoms with Gasteiger partial charge in [-0.3, -0.25) is 0 Å². The minimum absolute atomic E-state index is 0.438. The second-order valence-electron chi connectivity index (χ2n) is 3.48. The van der Waals surface area contributed by atoms with Crippen molar-refractivity contribution in [3.8, 4) is 5.75 Å². The fraction of sp³-hybridized carbons (Fsp3) is 0.500. The molecule has 0 aliphatic heterocycles. The van der Waals surface area contributed by atoms with Crippen LogP contribution in [-0.4, -0.2) is 20.3 Å². The fourth-order valence-electron chi connectivity index (χ4n) is 1.40. The Morgan fingerprint density at radius 3 is 2.69 bits per heavy atom. The van der Waals surface area contributed by atoms with Gasteiger partial charge in [0.1, 0.15) is 5.75 Å². The third-order valence-corrected chi connectivity index (χ3v) is 2.56. The molecule has 0 heterocycles. The van der Waals surface area contributed by atoms with Crippen molar-refractivity contribution in [2.75, 3.05) is 20.3 Å². The number of rotatable bonds is 7. The van der Waals surface area contributed by atoms with E-state index in [-0.39, 0.29) is 0 Å². The number of benzene rings is 1. The molecule has 0 aliphatic carbocycles. The lowest BCUT2D eigenvalue weighted by Crippen LogP contribution is -2.05. The molecule has 0 spiro atoms. The van der Waals surface area contributed by atoms with Crippen LogP contribution in [0.15, 0.2) is 18.2 Å². The van der Waals surface area contributed by atoms with Gasteiger partial charge in [0, 0.05) is 25.8 Å². The van der Waals surface area contributed by atoms with Crippen molar-refractivity contribution in [1.82, 2.24) is 0 Å². The Bertz CT molecular complexity index is 318. The Labute approximate surface area is 101 Å². The van der Waals surface area contributed by atoms with Gasteiger partial charge in [0.25, 0.3) is 0 Å². The van der Waals surface area contributed by atoms with Gasteiger partial charge in [0.2, 0.25) is 0 Å². The smallest absolute Gasteiger partial charge is 0.142 e. The molecule has 0 radical (unpaired) electrons. The van der Waals surface area contributed by atoms with Gasteiger partial charge in [-0.1, -0.05) is 23.7 Å². The highest BCUT2D eigenvalue weighted by molar-refractivity contribution is 6.32. The fourth-order valence-corrected chi connectivity index (χ4v) is 1.65. The summed E-state index contributed by atoms with van der Waals surface area (Å²) in [7, 11) is 1.70. The van der Waals surface area contributed by atoms with E-state index in [0.717, 1.165) is 25.0 Å². The lowest BCUT2D eigenvalue weighted by molar-refractivity contribution is 0.184. The molecule has 1 rings (SSSR count). The van der Waals surface area contributed by atoms with E-state index in [0.29, 0.717) is 23.9 Å². The number of unbranched alkanes of at least 4 members (excludes halogenated alkanes) is 1. The first kappa shape index (κ1) is 13.3. The number of methoxy groups -OCH3 is 1. The number of halogens is 1. The first-order valence-electron chi connectivity index (χ1n) is 5.38. The average molecular weight is 244 g/mol. The van der Waals surface area contributed by atoms with E-state index in [2.05, 4.69) is 0 Å². The monoisotopic (exact) mass is 243 g/mol. The van der Waals surface area contributed by atoms with Gasteiger partial charge >= 0.3 is 0 Å². The summed E-state index contributed by atoms with van der Waals surface area (Å²) in [6, 6.07) is 5.61. The van der Waals surface area contributed by atoms with Gasteiger partial charge in [0.05, 0.1) is 11.6 Å². The largest absolute Gasteiger partial charge is 0.492 e. The minimum atomic E-state index is 0.438. The van der Waals surface area contributed by atoms with Crippen molar-refractivity contribution in [2.24, 2.45) is 5.73 Å². The molecule has 1 aromatic rings. The molecule has 90 valence electrons. The molecule has 4 heteroatoms. The summed E-state index contributed by atoms with van der Waals surface area (Å²) in [6.07, 6.45) is 1.93. The maximum atomic E-state index is 6.04. The van der Waals surface area contributed by atoms with Crippen LogP contribution in [0.5, 0.6) is 5.75 Å². The van der Waals surface area contributed by atoms with Crippen molar-refractivity contribution in [3.05, 3.63) is 28.8 Å². The van der Waals surface area contributed by atoms with Crippen LogP contribution in [0, 0.1) is 0 Å². The quantitative estimate of drug-likeness (QED) is 0.749. The van der Waals surface area contributed by atoms with Crippen molar-refractivity contribution >= 4 is 11.6 Å². The molecule has 2 N–H and O–H groups in total. The van der Waals surface area contributed by atoms with Crippen molar-refractivity contribution in [2.45, 2.75) is 19.4 Å². The molecule has 3 nitrogen and oxygen atoms in total. The maximum Gasteiger partial charge on any atom is 0.142 e. The molecule has 0 unspecified atom stereocenters. The van der Waals surface area contributed by atoms with Crippen LogP contribution in [-0.2, 0) is 11.3 Å². The summed E-state index contributed by atoms with van der Waals surface area (Å²) in [6.45, 7) is 1.84. The minimum Gasteiger partial charge on any atom is -0.492 e. The van der Waals surface area contributed by atoms with Crippen molar-refractivity contribution in [3.63, 3.8) is 0 Å². The SMILES string of the molecule is COCCCCOc1c(Cl)cccc1CN. The number of nitrogens with two attached hydrogens (primary N) is 1. The van der Waals surface area contributed by atoms with E-state index in [1.54, 1.807) is 7.11 Å². The second-order valence-corrected chi connectivity index (χ2v) is 3.89. The van der Waals surface area contributed by atoms with E-state index in [9.17, 15) is 0 Å². The Kier molecular flexibility index (Phi) is 6.23. The number of para-hydroxylation sites is 1. The molecule has 0 saturated carbocycles. The first-order valence-corrected chi connectivity index (χ1v) is 5.76. The number of hydrogen-bond acceptors (Lipinski definition) is 3. The highest BCUT2D eigenvalue weighted by Crippen LogP contribution is 2.28. The number of ether oxygens (including phenoxy) is 2. The average Bonchev–Trinajstić information content (AvgIpc) is 2.30. The van der Waals surface area contributed by atoms with E-state index in [1.807, 2.05) is 18.2 Å². The molecule has 0 fully saturated rings. The van der Waals surface area contributed by atoms with Gasteiger partial charge < -0.3 is 15.2 Å². The Hall–Kier alpha value is -0.770. The summed E-state index contributed by atoms with van der Waals surface area (Å²) in [5.74, 6) is 0.712. The third-order valence-electron chi connectivity index (χ3n) is 2.26. The van der Waals surface area contributed by atoms with Crippen molar-refractivity contribution < 1.29 is 9.47 Å². The lowest BCUT2D eigenvalue weighted by atomic mass is 10.2. The van der Waals surface area contributed by atoms with E-state index in [4.69, 9.17) is 26.8 Å². The molecular formula is C12H18ClNO2. The molecular weight excluding hydrogens is 226 g/mol. The standard InChI is InChI=1S/C12H18ClNO2/c1-15-7-2-3-8-16-12-10(9-14)5-4-6-11(12)13/h4-6H,2-3,7-9,14H2,1H3. The third kappa shape index (κ3) is 4.00. The molecule has 0 atom stereocenters. The Morgan fingerprint density at radius 2 is 2.00 bits per heavy atom.